The molecule has 0 nitrogen and oxygen atoms in total. The second kappa shape index (κ2) is 73.0. The van der Waals surface area contributed by atoms with Crippen LogP contribution in [0.4, 0.5) is 4.70 Å². The van der Waals surface area contributed by atoms with Crippen LogP contribution in [0, 0.1) is 0 Å². The first-order chi connectivity index (χ1) is 0. The van der Waals surface area contributed by atoms with Gasteiger partial charge in [-0.1, -0.05) is 0 Å². The van der Waals surface area contributed by atoms with Crippen molar-refractivity contribution in [3.63, 3.8) is 0 Å². The molecule has 8 heteroatoms. The van der Waals surface area contributed by atoms with E-state index in [1.54, 1.807) is 0 Å². The van der Waals surface area contributed by atoms with Crippen LogP contribution in [0.15, 0.2) is 0 Å². The molecule has 0 N–H and O–H groups in total. The van der Waals surface area contributed by atoms with E-state index in [0.717, 1.165) is 0 Å². The molecule has 0 heterocycles. The fourth-order valence-corrected chi connectivity index (χ4v) is 0. The van der Waals surface area contributed by atoms with Crippen molar-refractivity contribution in [1.82, 2.24) is 0 Å². The molecule has 0 radical (unpaired) electrons. The second-order valence-electron chi connectivity index (χ2n) is 0. The predicted molar refractivity (Wildman–Crippen MR) is 2.50 cm³/mol. The van der Waals surface area contributed by atoms with Crippen molar-refractivity contribution in [2.24, 2.45) is 0 Å². The number of hydrogen-bond acceptors (Lipinski definition) is 0. The molecule has 0 aromatic carbocycles. The Labute approximate surface area is 137 Å². The van der Waals surface area contributed by atoms with Crippen molar-refractivity contribution in [3.8, 4) is 0 Å². The first-order valence-corrected chi connectivity index (χ1v) is 0. The standard InChI is InChI=1S/5ClH.FH.K.Ti/h6*1H;;/q;;;;;;+1;+4/p-5. The van der Waals surface area contributed by atoms with Crippen molar-refractivity contribution in [1.29, 1.82) is 0 Å². The van der Waals surface area contributed by atoms with Gasteiger partial charge in [0.2, 0.25) is 0 Å². The minimum absolute atomic E-state index is 0. The van der Waals surface area contributed by atoms with E-state index in [4.69, 9.17) is 0 Å². The van der Waals surface area contributed by atoms with Crippen LogP contribution >= 0.6 is 0 Å². The molecule has 0 bridgehead atoms. The summed E-state index contributed by atoms with van der Waals surface area (Å²) in [4.78, 5) is 0. The zero-order chi connectivity index (χ0) is 0. The zero-order valence-corrected chi connectivity index (χ0v) is 12.3. The molecule has 48 valence electrons. The Bertz CT molecular complexity index is 12.4. The third-order valence-corrected chi connectivity index (χ3v) is 0. The van der Waals surface area contributed by atoms with E-state index in [1.165, 1.54) is 0 Å². The molecule has 0 fully saturated rings. The van der Waals surface area contributed by atoms with Gasteiger partial charge in [-0.05, 0) is 0 Å². The maximum Gasteiger partial charge on any atom is 4.00 e. The van der Waals surface area contributed by atoms with Crippen molar-refractivity contribution >= 4 is 0 Å². The molecular formula is HCl5FKTi. The van der Waals surface area contributed by atoms with Crippen molar-refractivity contribution < 1.29 is 140 Å². The van der Waals surface area contributed by atoms with E-state index in [2.05, 4.69) is 0 Å². The quantitative estimate of drug-likeness (QED) is 0.388. The van der Waals surface area contributed by atoms with Gasteiger partial charge in [0.25, 0.3) is 0 Å². The molecule has 0 aromatic heterocycles. The topological polar surface area (TPSA) is 0 Å². The summed E-state index contributed by atoms with van der Waals surface area (Å²) in [7, 11) is 0. The van der Waals surface area contributed by atoms with Gasteiger partial charge in [-0.3, -0.25) is 4.70 Å². The van der Waals surface area contributed by atoms with E-state index < -0.39 is 0 Å². The molecule has 0 unspecified atom stereocenters. The zero-order valence-electron chi connectivity index (χ0n) is 3.80. The van der Waals surface area contributed by atoms with Crippen LogP contribution in [0.5, 0.6) is 0 Å². The van der Waals surface area contributed by atoms with Crippen LogP contribution < -0.4 is 113 Å². The molecule has 0 aliphatic carbocycles. The average molecular weight is 284 g/mol. The van der Waals surface area contributed by atoms with E-state index in [-0.39, 0.29) is 140 Å². The van der Waals surface area contributed by atoms with Gasteiger partial charge in [0.15, 0.2) is 0 Å². The SMILES string of the molecule is F.[Cl-].[Cl-].[Cl-].[Cl-].[Cl-].[K+].[Ti+4]. The maximum atomic E-state index is 0. The minimum Gasteiger partial charge on any atom is -1.00 e. The van der Waals surface area contributed by atoms with E-state index in [0.29, 0.717) is 0 Å². The van der Waals surface area contributed by atoms with Crippen molar-refractivity contribution in [3.05, 3.63) is 0 Å². The van der Waals surface area contributed by atoms with Gasteiger partial charge in [-0.15, -0.1) is 0 Å². The van der Waals surface area contributed by atoms with Crippen LogP contribution in [0.25, 0.3) is 0 Å². The monoisotopic (exact) mass is 282 g/mol. The smallest absolute Gasteiger partial charge is 1.00 e. The fourth-order valence-electron chi connectivity index (χ4n) is 0. The van der Waals surface area contributed by atoms with Gasteiger partial charge < -0.3 is 62.0 Å². The first kappa shape index (κ1) is 97.1. The molecule has 0 aliphatic heterocycles. The van der Waals surface area contributed by atoms with Crippen LogP contribution in [-0.2, 0) is 21.7 Å². The Kier molecular flexibility index (Phi) is 886. The third kappa shape index (κ3) is 53.3. The summed E-state index contributed by atoms with van der Waals surface area (Å²) >= 11 is 0. The maximum absolute atomic E-state index is 0. The van der Waals surface area contributed by atoms with Crippen molar-refractivity contribution in [2.75, 3.05) is 0 Å². The molecule has 0 spiro atoms. The number of halogens is 6. The van der Waals surface area contributed by atoms with Gasteiger partial charge in [0.1, 0.15) is 0 Å². The van der Waals surface area contributed by atoms with E-state index in [1.807, 2.05) is 0 Å². The molecule has 0 saturated heterocycles. The molecule has 0 rings (SSSR count). The summed E-state index contributed by atoms with van der Waals surface area (Å²) in [5.41, 5.74) is 0. The fraction of sp³-hybridized carbons (Fsp3) is 0. The summed E-state index contributed by atoms with van der Waals surface area (Å²) in [6, 6.07) is 0. The van der Waals surface area contributed by atoms with Crippen LogP contribution in [0.2, 0.25) is 0 Å². The Morgan fingerprint density at radius 1 is 0.500 bits per heavy atom. The van der Waals surface area contributed by atoms with Gasteiger partial charge >= 0.3 is 73.1 Å². The molecule has 0 aliphatic rings. The van der Waals surface area contributed by atoms with E-state index >= 15 is 0 Å². The largest absolute Gasteiger partial charge is 4.00 e. The molecule has 0 aromatic rings. The molecule has 0 amide bonds. The number of rotatable bonds is 0. The van der Waals surface area contributed by atoms with Gasteiger partial charge in [-0.25, -0.2) is 0 Å². The van der Waals surface area contributed by atoms with Crippen LogP contribution in [-0.4, -0.2) is 0 Å². The summed E-state index contributed by atoms with van der Waals surface area (Å²) in [6.07, 6.45) is 0. The predicted octanol–water partition coefficient (Wildman–Crippen LogP) is -17.8. The Balaban J connectivity index is 0. The van der Waals surface area contributed by atoms with Gasteiger partial charge in [0.05, 0.1) is 0 Å². The number of hydrogen-bond donors (Lipinski definition) is 0. The normalized spacial score (nSPS) is 0. The van der Waals surface area contributed by atoms with Gasteiger partial charge in [-0.2, -0.15) is 0 Å². The summed E-state index contributed by atoms with van der Waals surface area (Å²) < 4.78 is 0. The Morgan fingerprint density at radius 2 is 0.500 bits per heavy atom. The van der Waals surface area contributed by atoms with E-state index in [9.17, 15) is 0 Å². The Hall–Kier alpha value is 3.73. The second-order valence-corrected chi connectivity index (χ2v) is 0. The third-order valence-electron chi connectivity index (χ3n) is 0. The Morgan fingerprint density at radius 3 is 0.500 bits per heavy atom. The van der Waals surface area contributed by atoms with Crippen LogP contribution in [0.1, 0.15) is 0 Å². The first-order valence-electron chi connectivity index (χ1n) is 0. The van der Waals surface area contributed by atoms with Crippen LogP contribution in [0.3, 0.4) is 0 Å². The molecule has 0 atom stereocenters. The average Bonchev–Trinajstić information content (AvgIpc) is 0. The summed E-state index contributed by atoms with van der Waals surface area (Å²) in [6.45, 7) is 0. The summed E-state index contributed by atoms with van der Waals surface area (Å²) in [5, 5.41) is 0. The minimum atomic E-state index is 0. The van der Waals surface area contributed by atoms with Gasteiger partial charge in [0, 0.05) is 0 Å². The summed E-state index contributed by atoms with van der Waals surface area (Å²) in [5.74, 6) is 0. The molecular weight excluding hydrogens is 283 g/mol. The molecule has 0 saturated carbocycles. The van der Waals surface area contributed by atoms with Crippen molar-refractivity contribution in [2.45, 2.75) is 0 Å². The molecule has 8 heavy (non-hydrogen) atoms.